The van der Waals surface area contributed by atoms with E-state index in [1.165, 1.54) is 43.6 Å². The summed E-state index contributed by atoms with van der Waals surface area (Å²) >= 11 is 0. The summed E-state index contributed by atoms with van der Waals surface area (Å²) in [6.07, 6.45) is 6.49. The van der Waals surface area contributed by atoms with Crippen molar-refractivity contribution in [2.24, 2.45) is 0 Å². The fourth-order valence-electron chi connectivity index (χ4n) is 6.77. The predicted molar refractivity (Wildman–Crippen MR) is 229 cm³/mol. The second kappa shape index (κ2) is 20.6. The maximum atomic E-state index is 5.72. The van der Waals surface area contributed by atoms with E-state index in [4.69, 9.17) is 12.0 Å². The van der Waals surface area contributed by atoms with E-state index < -0.39 is 0 Å². The normalized spacial score (nSPS) is 12.7. The summed E-state index contributed by atoms with van der Waals surface area (Å²) in [5.74, 6) is 0. The SMILES string of the molecule is C=[n+]1c(C([N-]c2c(C)ccc3ccccc23)c2c3ccccc3cc3ccccc23)ccc/c1=C1/C=C[CH-]c2ccccc21.C[N-]C.C[N-]C.C[N-]C.[Hf+4]. The van der Waals surface area contributed by atoms with E-state index in [1.54, 1.807) is 42.3 Å². The monoisotopic (exact) mass is 875 g/mol. The van der Waals surface area contributed by atoms with Gasteiger partial charge in [-0.25, -0.2) is 0 Å². The van der Waals surface area contributed by atoms with Crippen molar-refractivity contribution in [2.75, 3.05) is 42.3 Å². The van der Waals surface area contributed by atoms with Crippen molar-refractivity contribution in [3.63, 3.8) is 0 Å². The standard InChI is InChI=1S/C42H31N2.3C2H6N.Hf/c1-28-25-26-30-14-4-10-21-36(30)41(28)43-42(40-34-19-8-5-15-31(34)27-32-16-6-9-20-35(32)40)39-24-12-23-38(44(39)2)37-22-11-17-29-13-3-7-18-33(29)37;3*1-3-2;/h3-27,42H,2H2,1H3;3*1-2H3;/q4*-1;+4/b38-37+;;;;. The first-order valence-electron chi connectivity index (χ1n) is 17.8. The third-order valence-electron chi connectivity index (χ3n) is 8.92. The molecule has 0 spiro atoms. The zero-order valence-corrected chi connectivity index (χ0v) is 36.0. The van der Waals surface area contributed by atoms with Crippen LogP contribution in [0.25, 0.3) is 59.2 Å². The molecule has 5 nitrogen and oxygen atoms in total. The zero-order chi connectivity index (χ0) is 37.7. The minimum atomic E-state index is -0.317. The second-order valence-electron chi connectivity index (χ2n) is 12.8. The minimum absolute atomic E-state index is 0. The van der Waals surface area contributed by atoms with Crippen LogP contribution >= 0.6 is 0 Å². The number of hydrogen-bond donors (Lipinski definition) is 0. The van der Waals surface area contributed by atoms with Crippen molar-refractivity contribution in [1.82, 2.24) is 0 Å². The molecule has 1 unspecified atom stereocenters. The fourth-order valence-corrected chi connectivity index (χ4v) is 6.77. The molecule has 1 aliphatic rings. The number of rotatable bonds is 4. The van der Waals surface area contributed by atoms with E-state index in [2.05, 4.69) is 179 Å². The first-order chi connectivity index (χ1) is 25.9. The van der Waals surface area contributed by atoms with Crippen LogP contribution in [0.15, 0.2) is 146 Å². The van der Waals surface area contributed by atoms with Gasteiger partial charge < -0.3 is 21.3 Å². The van der Waals surface area contributed by atoms with Crippen molar-refractivity contribution in [3.05, 3.63) is 213 Å². The molecule has 54 heavy (non-hydrogen) atoms. The molecule has 270 valence electrons. The van der Waals surface area contributed by atoms with Gasteiger partial charge in [-0.1, -0.05) is 108 Å². The molecule has 1 heterocycles. The maximum Gasteiger partial charge on any atom is 4.00 e. The molecule has 6 heteroatoms. The topological polar surface area (TPSA) is 62.3 Å². The van der Waals surface area contributed by atoms with Gasteiger partial charge in [0.25, 0.3) is 0 Å². The number of nitrogens with zero attached hydrogens (tertiary/aromatic N) is 5. The van der Waals surface area contributed by atoms with E-state index in [1.807, 2.05) is 0 Å². The maximum absolute atomic E-state index is 5.72. The van der Waals surface area contributed by atoms with E-state index in [0.29, 0.717) is 0 Å². The largest absolute Gasteiger partial charge is 4.00 e. The van der Waals surface area contributed by atoms with Gasteiger partial charge in [-0.05, 0) is 68.6 Å². The van der Waals surface area contributed by atoms with Gasteiger partial charge in [-0.3, -0.25) is 0 Å². The van der Waals surface area contributed by atoms with Crippen molar-refractivity contribution in [2.45, 2.75) is 13.0 Å². The Bertz CT molecular complexity index is 2390. The van der Waals surface area contributed by atoms with Crippen LogP contribution in [-0.4, -0.2) is 42.3 Å². The van der Waals surface area contributed by atoms with Crippen molar-refractivity contribution >= 4 is 43.6 Å². The molecule has 8 rings (SSSR count). The summed E-state index contributed by atoms with van der Waals surface area (Å²) < 4.78 is 2.10. The molecule has 0 saturated heterocycles. The van der Waals surface area contributed by atoms with Gasteiger partial charge in [0.05, 0.1) is 0 Å². The van der Waals surface area contributed by atoms with Gasteiger partial charge in [-0.2, -0.15) is 46.5 Å². The Labute approximate surface area is 340 Å². The van der Waals surface area contributed by atoms with Gasteiger partial charge in [0.15, 0.2) is 11.0 Å². The van der Waals surface area contributed by atoms with Crippen LogP contribution in [0.4, 0.5) is 5.69 Å². The fraction of sp³-hybridized carbons (Fsp3) is 0.167. The van der Waals surface area contributed by atoms with E-state index >= 15 is 0 Å². The van der Waals surface area contributed by atoms with Crippen LogP contribution in [0.2, 0.25) is 0 Å². The van der Waals surface area contributed by atoms with Crippen molar-refractivity contribution in [3.8, 4) is 0 Å². The Balaban J connectivity index is 0.000000595. The molecular weight excluding hydrogens is 825 g/mol. The van der Waals surface area contributed by atoms with Gasteiger partial charge in [-0.15, -0.1) is 42.0 Å². The number of fused-ring (bicyclic) bond motifs is 4. The Kier molecular flexibility index (Phi) is 16.0. The Morgan fingerprint density at radius 2 is 1.13 bits per heavy atom. The average Bonchev–Trinajstić information content (AvgIpc) is 3.18. The summed E-state index contributed by atoms with van der Waals surface area (Å²) in [5, 5.41) is 24.4. The first kappa shape index (κ1) is 41.9. The third-order valence-corrected chi connectivity index (χ3v) is 8.92. The van der Waals surface area contributed by atoms with Crippen LogP contribution < -0.4 is 9.59 Å². The van der Waals surface area contributed by atoms with Gasteiger partial charge in [0.2, 0.25) is 0 Å². The molecule has 0 saturated carbocycles. The van der Waals surface area contributed by atoms with Gasteiger partial charge in [0, 0.05) is 12.1 Å². The smallest absolute Gasteiger partial charge is 0.669 e. The minimum Gasteiger partial charge on any atom is -0.669 e. The third kappa shape index (κ3) is 9.26. The molecule has 0 radical (unpaired) electrons. The van der Waals surface area contributed by atoms with E-state index in [9.17, 15) is 0 Å². The van der Waals surface area contributed by atoms with Crippen LogP contribution in [-0.2, 0) is 25.8 Å². The predicted octanol–water partition coefficient (Wildman–Crippen LogP) is 11.4. The van der Waals surface area contributed by atoms with Crippen LogP contribution in [0.3, 0.4) is 0 Å². The number of benzene rings is 6. The number of pyridine rings is 1. The summed E-state index contributed by atoms with van der Waals surface area (Å²) in [5.41, 5.74) is 7.96. The molecule has 6 aromatic carbocycles. The molecule has 0 N–H and O–H groups in total. The zero-order valence-electron chi connectivity index (χ0n) is 32.5. The number of allylic oxidation sites excluding steroid dienone is 2. The van der Waals surface area contributed by atoms with Gasteiger partial charge in [0.1, 0.15) is 6.72 Å². The quantitative estimate of drug-likeness (QED) is 0.0732. The second-order valence-corrected chi connectivity index (χ2v) is 12.8. The first-order valence-corrected chi connectivity index (χ1v) is 17.8. The summed E-state index contributed by atoms with van der Waals surface area (Å²) in [4.78, 5) is 0. The number of aromatic nitrogens is 1. The number of aryl methyl sites for hydroxylation is 1. The van der Waals surface area contributed by atoms with Crippen LogP contribution in [0, 0.1) is 20.1 Å². The number of hydrogen-bond acceptors (Lipinski definition) is 0. The molecule has 0 aliphatic heterocycles. The Hall–Kier alpha value is -4.85. The molecule has 0 fully saturated rings. The molecule has 1 aromatic heterocycles. The Morgan fingerprint density at radius 3 is 1.76 bits per heavy atom. The van der Waals surface area contributed by atoms with Crippen LogP contribution in [0.5, 0.6) is 0 Å². The molecule has 0 bridgehead atoms. The van der Waals surface area contributed by atoms with Crippen molar-refractivity contribution in [1.29, 1.82) is 0 Å². The van der Waals surface area contributed by atoms with E-state index in [0.717, 1.165) is 33.3 Å². The average molecular weight is 874 g/mol. The molecular formula is C48H49HfN5. The summed E-state index contributed by atoms with van der Waals surface area (Å²) in [6, 6.07) is 47.3. The molecule has 1 aliphatic carbocycles. The summed E-state index contributed by atoms with van der Waals surface area (Å²) in [7, 11) is 10.5. The molecule has 7 aromatic rings. The Morgan fingerprint density at radius 1 is 0.593 bits per heavy atom. The summed E-state index contributed by atoms with van der Waals surface area (Å²) in [6.45, 7) is 6.85. The molecule has 0 amide bonds. The van der Waals surface area contributed by atoms with Crippen LogP contribution in [0.1, 0.15) is 34.0 Å². The van der Waals surface area contributed by atoms with E-state index in [-0.39, 0.29) is 31.9 Å². The molecule has 1 atom stereocenters. The van der Waals surface area contributed by atoms with Crippen molar-refractivity contribution < 1.29 is 30.1 Å². The van der Waals surface area contributed by atoms with Gasteiger partial charge >= 0.3 is 25.8 Å².